The number of aryl methyl sites for hydroxylation is 1. The van der Waals surface area contributed by atoms with Crippen LogP contribution in [0.3, 0.4) is 0 Å². The Bertz CT molecular complexity index is 1500. The van der Waals surface area contributed by atoms with Crippen LogP contribution in [0.15, 0.2) is 42.5 Å². The van der Waals surface area contributed by atoms with Crippen molar-refractivity contribution in [3.05, 3.63) is 53.6 Å². The number of nitrogens with one attached hydrogen (secondary N) is 2. The van der Waals surface area contributed by atoms with Crippen LogP contribution in [0.5, 0.6) is 5.75 Å². The monoisotopic (exact) mass is 606 g/mol. The highest BCUT2D eigenvalue weighted by Crippen LogP contribution is 2.29. The molecule has 2 heterocycles. The van der Waals surface area contributed by atoms with Crippen molar-refractivity contribution in [3.63, 3.8) is 0 Å². The van der Waals surface area contributed by atoms with Crippen LogP contribution >= 0.6 is 0 Å². The fourth-order valence-electron chi connectivity index (χ4n) is 5.42. The van der Waals surface area contributed by atoms with Crippen LogP contribution < -0.4 is 15.4 Å². The van der Waals surface area contributed by atoms with E-state index in [1.807, 2.05) is 49.5 Å². The van der Waals surface area contributed by atoms with Crippen molar-refractivity contribution in [2.75, 3.05) is 13.7 Å². The van der Waals surface area contributed by atoms with Gasteiger partial charge in [-0.2, -0.15) is 0 Å². The van der Waals surface area contributed by atoms with E-state index in [-0.39, 0.29) is 37.0 Å². The molecule has 3 atom stereocenters. The van der Waals surface area contributed by atoms with Crippen molar-refractivity contribution in [1.82, 2.24) is 30.5 Å². The van der Waals surface area contributed by atoms with Crippen molar-refractivity contribution >= 4 is 34.7 Å². The van der Waals surface area contributed by atoms with Gasteiger partial charge in [0.15, 0.2) is 0 Å². The predicted octanol–water partition coefficient (Wildman–Crippen LogP) is 3.32. The summed E-state index contributed by atoms with van der Waals surface area (Å²) < 4.78 is 12.3. The summed E-state index contributed by atoms with van der Waals surface area (Å²) >= 11 is 0. The minimum absolute atomic E-state index is 0.00554. The molecule has 12 heteroatoms. The van der Waals surface area contributed by atoms with E-state index < -0.39 is 29.7 Å². The summed E-state index contributed by atoms with van der Waals surface area (Å²) in [6.45, 7) is 7.19. The summed E-state index contributed by atoms with van der Waals surface area (Å²) in [4.78, 5) is 53.7. The number of carbonyl (C=O) groups is 4. The lowest BCUT2D eigenvalue weighted by atomic mass is 9.96. The van der Waals surface area contributed by atoms with Crippen LogP contribution in [0.1, 0.15) is 58.1 Å². The number of ketones is 1. The summed E-state index contributed by atoms with van der Waals surface area (Å²) in [6, 6.07) is 11.6. The Hall–Kier alpha value is -4.48. The number of carbonyl (C=O) groups excluding carboxylic acids is 4. The molecule has 4 rings (SSSR count). The van der Waals surface area contributed by atoms with E-state index in [1.54, 1.807) is 32.6 Å². The fraction of sp³-hybridized carbons (Fsp3) is 0.500. The third-order valence-electron chi connectivity index (χ3n) is 7.57. The molecule has 44 heavy (non-hydrogen) atoms. The molecule has 0 saturated carbocycles. The van der Waals surface area contributed by atoms with Gasteiger partial charge in [-0.1, -0.05) is 23.4 Å². The second kappa shape index (κ2) is 13.9. The van der Waals surface area contributed by atoms with Crippen molar-refractivity contribution in [2.45, 2.75) is 77.6 Å². The van der Waals surface area contributed by atoms with Gasteiger partial charge in [0.05, 0.1) is 12.6 Å². The number of ether oxygens (including phenoxy) is 2. The molecule has 3 aromatic rings. The second-order valence-corrected chi connectivity index (χ2v) is 12.4. The number of Topliss-reactive ketones (excluding diaryl/α,β-unsaturated/α-hetero) is 1. The molecule has 0 radical (unpaired) electrons. The van der Waals surface area contributed by atoms with Gasteiger partial charge >= 0.3 is 6.09 Å². The first-order valence-electron chi connectivity index (χ1n) is 14.8. The minimum Gasteiger partial charge on any atom is -0.497 e. The largest absolute Gasteiger partial charge is 0.497 e. The number of hydrogen-bond acceptors (Lipinski definition) is 8. The van der Waals surface area contributed by atoms with Gasteiger partial charge in [0.2, 0.25) is 11.8 Å². The van der Waals surface area contributed by atoms with Gasteiger partial charge in [0.25, 0.3) is 0 Å². The summed E-state index contributed by atoms with van der Waals surface area (Å²) in [5.41, 5.74) is 2.73. The minimum atomic E-state index is -1.03. The van der Waals surface area contributed by atoms with Crippen LogP contribution in [-0.2, 0) is 39.1 Å². The third-order valence-corrected chi connectivity index (χ3v) is 7.57. The van der Waals surface area contributed by atoms with Gasteiger partial charge in [-0.25, -0.2) is 9.48 Å². The van der Waals surface area contributed by atoms with Crippen LogP contribution in [0.25, 0.3) is 11.0 Å². The molecule has 0 bridgehead atoms. The number of nitrogens with zero attached hydrogens (tertiary/aromatic N) is 4. The van der Waals surface area contributed by atoms with Crippen LogP contribution in [0, 0.1) is 5.92 Å². The van der Waals surface area contributed by atoms with E-state index in [4.69, 9.17) is 9.47 Å². The van der Waals surface area contributed by atoms with Gasteiger partial charge in [0.1, 0.15) is 34.7 Å². The van der Waals surface area contributed by atoms with Crippen molar-refractivity contribution < 1.29 is 28.7 Å². The van der Waals surface area contributed by atoms with Crippen LogP contribution in [-0.4, -0.2) is 74.9 Å². The third kappa shape index (κ3) is 8.55. The number of amides is 3. The van der Waals surface area contributed by atoms with E-state index in [1.165, 1.54) is 11.8 Å². The lowest BCUT2D eigenvalue weighted by molar-refractivity contribution is -0.140. The average molecular weight is 607 g/mol. The maximum Gasteiger partial charge on any atom is 0.408 e. The average Bonchev–Trinajstić information content (AvgIpc) is 3.56. The highest BCUT2D eigenvalue weighted by Gasteiger charge is 2.42. The first-order chi connectivity index (χ1) is 20.8. The maximum atomic E-state index is 14.0. The van der Waals surface area contributed by atoms with E-state index >= 15 is 0 Å². The SMILES string of the molecule is COc1ccc(C[C@@H]2C[C@@H](C(=O)NCc3ccc4c(c3)nnn4C)N(C(=O)[C@@H](CCC(C)=O)NC(=O)OC(C)(C)C)C2)cc1. The number of alkyl carbamates (subject to hydrolysis) is 1. The smallest absolute Gasteiger partial charge is 0.408 e. The molecule has 12 nitrogen and oxygen atoms in total. The Labute approximate surface area is 257 Å². The summed E-state index contributed by atoms with van der Waals surface area (Å²) in [7, 11) is 3.42. The lowest BCUT2D eigenvalue weighted by Crippen LogP contribution is -2.54. The molecular formula is C32H42N6O6. The number of fused-ring (bicyclic) bond motifs is 1. The first kappa shape index (κ1) is 32.4. The molecule has 3 amide bonds. The Kier molecular flexibility index (Phi) is 10.2. The fourth-order valence-corrected chi connectivity index (χ4v) is 5.42. The quantitative estimate of drug-likeness (QED) is 0.338. The zero-order chi connectivity index (χ0) is 32.0. The summed E-state index contributed by atoms with van der Waals surface area (Å²) in [5.74, 6) is -0.0840. The molecule has 0 unspecified atom stereocenters. The molecule has 2 aromatic carbocycles. The normalized spacial score (nSPS) is 17.3. The van der Waals surface area contributed by atoms with E-state index in [2.05, 4.69) is 20.9 Å². The molecule has 236 valence electrons. The molecule has 1 fully saturated rings. The molecular weight excluding hydrogens is 564 g/mol. The van der Waals surface area contributed by atoms with Crippen LogP contribution in [0.2, 0.25) is 0 Å². The number of methoxy groups -OCH3 is 1. The topological polar surface area (TPSA) is 145 Å². The molecule has 0 spiro atoms. The van der Waals surface area contributed by atoms with Crippen molar-refractivity contribution in [2.24, 2.45) is 13.0 Å². The molecule has 2 N–H and O–H groups in total. The molecule has 1 saturated heterocycles. The number of rotatable bonds is 11. The number of hydrogen-bond donors (Lipinski definition) is 2. The van der Waals surface area contributed by atoms with Crippen LogP contribution in [0.4, 0.5) is 4.79 Å². The summed E-state index contributed by atoms with van der Waals surface area (Å²) in [6.07, 6.45) is 0.530. The van der Waals surface area contributed by atoms with E-state index in [9.17, 15) is 19.2 Å². The lowest BCUT2D eigenvalue weighted by Gasteiger charge is -2.29. The first-order valence-corrected chi connectivity index (χ1v) is 14.8. The molecule has 0 aliphatic carbocycles. The van der Waals surface area contributed by atoms with Crippen molar-refractivity contribution in [3.8, 4) is 5.75 Å². The van der Waals surface area contributed by atoms with E-state index in [0.717, 1.165) is 27.9 Å². The van der Waals surface area contributed by atoms with Gasteiger partial charge in [-0.15, -0.1) is 5.10 Å². The predicted molar refractivity (Wildman–Crippen MR) is 164 cm³/mol. The van der Waals surface area contributed by atoms with Gasteiger partial charge in [-0.3, -0.25) is 9.59 Å². The zero-order valence-electron chi connectivity index (χ0n) is 26.3. The van der Waals surface area contributed by atoms with E-state index in [0.29, 0.717) is 19.4 Å². The van der Waals surface area contributed by atoms with Crippen molar-refractivity contribution in [1.29, 1.82) is 0 Å². The Morgan fingerprint density at radius 3 is 2.43 bits per heavy atom. The highest BCUT2D eigenvalue weighted by molar-refractivity contribution is 5.92. The number of aromatic nitrogens is 3. The Morgan fingerprint density at radius 2 is 1.77 bits per heavy atom. The molecule has 1 aromatic heterocycles. The molecule has 1 aliphatic rings. The second-order valence-electron chi connectivity index (χ2n) is 12.4. The van der Waals surface area contributed by atoms with Gasteiger partial charge in [0, 0.05) is 26.6 Å². The Morgan fingerprint density at radius 1 is 1.07 bits per heavy atom. The van der Waals surface area contributed by atoms with Gasteiger partial charge in [-0.05, 0) is 88.3 Å². The maximum absolute atomic E-state index is 14.0. The zero-order valence-corrected chi connectivity index (χ0v) is 26.3. The standard InChI is InChI=1S/C32H42N6O6/c1-20(39)7-13-25(34-31(42)44-32(2,3)4)30(41)38-19-23(15-21-8-11-24(43-6)12-9-21)17-28(38)29(40)33-18-22-10-14-27-26(16-22)35-36-37(27)5/h8-12,14,16,23,25,28H,7,13,15,17-19H2,1-6H3,(H,33,40)(H,34,42)/t23-,25-,28+/m1/s1. The Balaban J connectivity index is 1.53. The highest BCUT2D eigenvalue weighted by atomic mass is 16.6. The molecule has 1 aliphatic heterocycles. The van der Waals surface area contributed by atoms with Gasteiger partial charge < -0.3 is 29.8 Å². The summed E-state index contributed by atoms with van der Waals surface area (Å²) in [5, 5.41) is 13.8. The number of benzene rings is 2. The number of likely N-dealkylation sites (tertiary alicyclic amines) is 1.